The molecule has 3 aromatic rings. The van der Waals surface area contributed by atoms with E-state index in [4.69, 9.17) is 19.2 Å². The third kappa shape index (κ3) is 6.13. The molecule has 0 saturated carbocycles. The van der Waals surface area contributed by atoms with E-state index in [9.17, 15) is 0 Å². The molecule has 4 heteroatoms. The van der Waals surface area contributed by atoms with Crippen LogP contribution in [0.2, 0.25) is 0 Å². The smallest absolute Gasteiger partial charge is 0.124 e. The van der Waals surface area contributed by atoms with Crippen LogP contribution < -0.4 is 0 Å². The van der Waals surface area contributed by atoms with Gasteiger partial charge in [-0.2, -0.15) is 0 Å². The van der Waals surface area contributed by atoms with Crippen molar-refractivity contribution in [2.45, 2.75) is 51.4 Å². The zero-order valence-corrected chi connectivity index (χ0v) is 18.6. The van der Waals surface area contributed by atoms with E-state index in [1.54, 1.807) is 0 Å². The normalized spacial score (nSPS) is 20.3. The van der Waals surface area contributed by atoms with Crippen molar-refractivity contribution in [1.29, 1.82) is 0 Å². The number of nitrogens with zero attached hydrogens (tertiary/aromatic N) is 1. The number of hydrogen-bond acceptors (Lipinski definition) is 4. The van der Waals surface area contributed by atoms with Gasteiger partial charge in [0.1, 0.15) is 18.2 Å². The fourth-order valence-corrected chi connectivity index (χ4v) is 3.96. The molecule has 4 rings (SSSR count). The predicted molar refractivity (Wildman–Crippen MR) is 128 cm³/mol. The first kappa shape index (κ1) is 22.4. The lowest BCUT2D eigenvalue weighted by atomic mass is 10.1. The van der Waals surface area contributed by atoms with E-state index in [1.165, 1.54) is 0 Å². The van der Waals surface area contributed by atoms with E-state index in [0.29, 0.717) is 26.4 Å². The van der Waals surface area contributed by atoms with Crippen LogP contribution in [0.15, 0.2) is 96.0 Å². The van der Waals surface area contributed by atoms with Gasteiger partial charge in [-0.05, 0) is 23.1 Å². The summed E-state index contributed by atoms with van der Waals surface area (Å²) >= 11 is 0. The van der Waals surface area contributed by atoms with Gasteiger partial charge in [-0.15, -0.1) is 0 Å². The van der Waals surface area contributed by atoms with Crippen molar-refractivity contribution in [1.82, 2.24) is 0 Å². The average molecular weight is 430 g/mol. The lowest BCUT2D eigenvalue weighted by Gasteiger charge is -2.26. The fraction of sp³-hybridized carbons (Fsp3) is 0.321. The molecule has 0 spiro atoms. The van der Waals surface area contributed by atoms with Crippen molar-refractivity contribution in [3.05, 3.63) is 108 Å². The van der Waals surface area contributed by atoms with E-state index >= 15 is 0 Å². The summed E-state index contributed by atoms with van der Waals surface area (Å²) < 4.78 is 18.8. The lowest BCUT2D eigenvalue weighted by molar-refractivity contribution is -0.0695. The predicted octanol–water partition coefficient (Wildman–Crippen LogP) is 5.61. The Hall–Kier alpha value is -2.79. The Morgan fingerprint density at radius 1 is 0.656 bits per heavy atom. The molecule has 1 aliphatic heterocycles. The maximum absolute atomic E-state index is 6.42. The van der Waals surface area contributed by atoms with Crippen molar-refractivity contribution in [2.75, 3.05) is 6.61 Å². The molecule has 32 heavy (non-hydrogen) atoms. The van der Waals surface area contributed by atoms with Gasteiger partial charge in [-0.3, -0.25) is 4.99 Å². The van der Waals surface area contributed by atoms with Crippen LogP contribution in [0.4, 0.5) is 0 Å². The Morgan fingerprint density at radius 2 is 1.16 bits per heavy atom. The molecule has 1 heterocycles. The number of aliphatic imine (C=N–C) groups is 1. The maximum atomic E-state index is 6.42. The Morgan fingerprint density at radius 3 is 1.69 bits per heavy atom. The van der Waals surface area contributed by atoms with Crippen LogP contribution in [0, 0.1) is 0 Å². The maximum Gasteiger partial charge on any atom is 0.124 e. The van der Waals surface area contributed by atoms with Crippen molar-refractivity contribution in [3.8, 4) is 0 Å². The Balaban J connectivity index is 1.43. The monoisotopic (exact) mass is 429 g/mol. The Kier molecular flexibility index (Phi) is 8.21. The second kappa shape index (κ2) is 11.7. The minimum absolute atomic E-state index is 0.0850. The molecular weight excluding hydrogens is 398 g/mol. The van der Waals surface area contributed by atoms with Gasteiger partial charge < -0.3 is 14.2 Å². The van der Waals surface area contributed by atoms with Crippen LogP contribution in [-0.2, 0) is 34.0 Å². The van der Waals surface area contributed by atoms with Gasteiger partial charge in [-0.25, -0.2) is 0 Å². The molecule has 0 fully saturated rings. The molecule has 0 unspecified atom stereocenters. The minimum Gasteiger partial charge on any atom is -0.374 e. The van der Waals surface area contributed by atoms with Crippen molar-refractivity contribution in [2.24, 2.45) is 4.99 Å². The molecule has 1 aliphatic rings. The van der Waals surface area contributed by atoms with Crippen LogP contribution >= 0.6 is 0 Å². The van der Waals surface area contributed by atoms with E-state index in [2.05, 4.69) is 43.3 Å². The molecule has 0 amide bonds. The quantitative estimate of drug-likeness (QED) is 0.398. The molecule has 4 nitrogen and oxygen atoms in total. The van der Waals surface area contributed by atoms with Crippen LogP contribution in [0.3, 0.4) is 0 Å². The summed E-state index contributed by atoms with van der Waals surface area (Å²) in [6, 6.07) is 30.6. The van der Waals surface area contributed by atoms with Crippen LogP contribution in [0.5, 0.6) is 0 Å². The highest BCUT2D eigenvalue weighted by atomic mass is 16.5. The number of benzene rings is 3. The SMILES string of the molecule is CCC1=N[C@@H](COCc2ccccc2)[C@@H](OCc2ccccc2)[C@@H]1OCc1ccccc1. The van der Waals surface area contributed by atoms with E-state index in [0.717, 1.165) is 28.8 Å². The summed E-state index contributed by atoms with van der Waals surface area (Å²) in [6.45, 7) is 4.25. The molecular formula is C28H31NO3. The van der Waals surface area contributed by atoms with E-state index in [-0.39, 0.29) is 18.2 Å². The van der Waals surface area contributed by atoms with Gasteiger partial charge in [0.15, 0.2) is 0 Å². The van der Waals surface area contributed by atoms with E-state index in [1.807, 2.05) is 54.6 Å². The highest BCUT2D eigenvalue weighted by Gasteiger charge is 2.40. The number of hydrogen-bond donors (Lipinski definition) is 0. The van der Waals surface area contributed by atoms with Gasteiger partial charge in [0, 0.05) is 5.71 Å². The molecule has 3 aromatic carbocycles. The first-order valence-corrected chi connectivity index (χ1v) is 11.3. The summed E-state index contributed by atoms with van der Waals surface area (Å²) in [5, 5.41) is 0. The highest BCUT2D eigenvalue weighted by Crippen LogP contribution is 2.26. The van der Waals surface area contributed by atoms with Crippen LogP contribution in [0.1, 0.15) is 30.0 Å². The molecule has 0 radical (unpaired) electrons. The number of ether oxygens (including phenoxy) is 3. The summed E-state index contributed by atoms with van der Waals surface area (Å²) in [5.41, 5.74) is 4.49. The topological polar surface area (TPSA) is 40.0 Å². The highest BCUT2D eigenvalue weighted by molar-refractivity contribution is 5.91. The summed E-state index contributed by atoms with van der Waals surface area (Å²) in [7, 11) is 0. The zero-order valence-electron chi connectivity index (χ0n) is 18.6. The first-order chi connectivity index (χ1) is 15.8. The third-order valence-electron chi connectivity index (χ3n) is 5.66. The summed E-state index contributed by atoms with van der Waals surface area (Å²) in [6.07, 6.45) is 0.485. The van der Waals surface area contributed by atoms with Gasteiger partial charge in [-0.1, -0.05) is 97.9 Å². The average Bonchev–Trinajstić information content (AvgIpc) is 3.19. The van der Waals surface area contributed by atoms with Gasteiger partial charge >= 0.3 is 0 Å². The van der Waals surface area contributed by atoms with Crippen molar-refractivity contribution >= 4 is 5.71 Å². The molecule has 0 aliphatic carbocycles. The molecule has 0 saturated heterocycles. The summed E-state index contributed by atoms with van der Waals surface area (Å²) in [4.78, 5) is 4.97. The van der Waals surface area contributed by atoms with Crippen molar-refractivity contribution < 1.29 is 14.2 Å². The minimum atomic E-state index is -0.176. The van der Waals surface area contributed by atoms with Gasteiger partial charge in [0.05, 0.1) is 26.4 Å². The molecule has 166 valence electrons. The van der Waals surface area contributed by atoms with Crippen molar-refractivity contribution in [3.63, 3.8) is 0 Å². The lowest BCUT2D eigenvalue weighted by Crippen LogP contribution is -2.40. The zero-order chi connectivity index (χ0) is 22.0. The summed E-state index contributed by atoms with van der Waals surface area (Å²) in [5.74, 6) is 0. The molecule has 0 aromatic heterocycles. The Bertz CT molecular complexity index is 960. The molecule has 3 atom stereocenters. The molecule has 0 bridgehead atoms. The van der Waals surface area contributed by atoms with Gasteiger partial charge in [0.2, 0.25) is 0 Å². The fourth-order valence-electron chi connectivity index (χ4n) is 3.96. The van der Waals surface area contributed by atoms with Crippen LogP contribution in [-0.4, -0.2) is 30.6 Å². The van der Waals surface area contributed by atoms with Gasteiger partial charge in [0.25, 0.3) is 0 Å². The second-order valence-corrected chi connectivity index (χ2v) is 8.02. The second-order valence-electron chi connectivity index (χ2n) is 8.02. The number of rotatable bonds is 11. The van der Waals surface area contributed by atoms with E-state index < -0.39 is 0 Å². The van der Waals surface area contributed by atoms with Crippen LogP contribution in [0.25, 0.3) is 0 Å². The first-order valence-electron chi connectivity index (χ1n) is 11.3. The Labute approximate surface area is 190 Å². The molecule has 0 N–H and O–H groups in total. The largest absolute Gasteiger partial charge is 0.374 e. The third-order valence-corrected chi connectivity index (χ3v) is 5.66. The standard InChI is InChI=1S/C28H31NO3/c1-2-25-27(31-19-23-14-8-4-9-15-23)28(32-20-24-16-10-5-11-17-24)26(29-25)21-30-18-22-12-6-3-7-13-22/h3-17,26-28H,2,18-21H2,1H3/t26-,27+,28+/m0/s1.